The molecule has 1 aliphatic rings. The second kappa shape index (κ2) is 12.8. The summed E-state index contributed by atoms with van der Waals surface area (Å²) >= 11 is 0. The van der Waals surface area contributed by atoms with E-state index in [1.54, 1.807) is 54.6 Å². The van der Waals surface area contributed by atoms with Gasteiger partial charge in [-0.15, -0.1) is 6.58 Å². The highest BCUT2D eigenvalue weighted by atomic mass is 19.2. The Kier molecular flexibility index (Phi) is 9.29. The predicted molar refractivity (Wildman–Crippen MR) is 139 cm³/mol. The van der Waals surface area contributed by atoms with Crippen LogP contribution in [0.2, 0.25) is 0 Å². The van der Waals surface area contributed by atoms with Gasteiger partial charge < -0.3 is 14.2 Å². The van der Waals surface area contributed by atoms with Gasteiger partial charge in [-0.2, -0.15) is 0 Å². The molecule has 0 radical (unpaired) electrons. The van der Waals surface area contributed by atoms with Crippen LogP contribution in [0.5, 0.6) is 11.5 Å². The molecule has 0 aromatic heterocycles. The van der Waals surface area contributed by atoms with Gasteiger partial charge in [0.05, 0.1) is 25.9 Å². The SMILES string of the molecule is C=CCCOc1ccc(C2CCC(OCc3ccc(-c4ccc(OCC)cc4)c(F)c3F)CC2)cc1F. The Morgan fingerprint density at radius 3 is 2.32 bits per heavy atom. The van der Waals surface area contributed by atoms with Crippen LogP contribution in [0.4, 0.5) is 13.2 Å². The largest absolute Gasteiger partial charge is 0.494 e. The molecule has 37 heavy (non-hydrogen) atoms. The van der Waals surface area contributed by atoms with E-state index in [-0.39, 0.29) is 41.3 Å². The number of halogens is 3. The molecule has 1 saturated carbocycles. The predicted octanol–water partition coefficient (Wildman–Crippen LogP) is 8.37. The third-order valence-electron chi connectivity index (χ3n) is 6.79. The summed E-state index contributed by atoms with van der Waals surface area (Å²) in [5, 5.41) is 0. The highest BCUT2D eigenvalue weighted by molar-refractivity contribution is 5.65. The van der Waals surface area contributed by atoms with Crippen molar-refractivity contribution in [2.45, 2.75) is 57.7 Å². The zero-order chi connectivity index (χ0) is 26.2. The molecule has 3 nitrogen and oxygen atoms in total. The molecule has 0 unspecified atom stereocenters. The maximum absolute atomic E-state index is 14.8. The van der Waals surface area contributed by atoms with Crippen molar-refractivity contribution in [2.75, 3.05) is 13.2 Å². The first-order valence-electron chi connectivity index (χ1n) is 12.8. The lowest BCUT2D eigenvalue weighted by molar-refractivity contribution is 0.0119. The molecule has 1 aliphatic carbocycles. The van der Waals surface area contributed by atoms with E-state index >= 15 is 0 Å². The quantitative estimate of drug-likeness (QED) is 0.192. The normalized spacial score (nSPS) is 17.4. The first-order valence-corrected chi connectivity index (χ1v) is 12.8. The lowest BCUT2D eigenvalue weighted by Gasteiger charge is -2.29. The van der Waals surface area contributed by atoms with Gasteiger partial charge in [0.25, 0.3) is 0 Å². The topological polar surface area (TPSA) is 27.7 Å². The maximum Gasteiger partial charge on any atom is 0.167 e. The molecule has 3 aromatic carbocycles. The molecule has 3 aromatic rings. The Morgan fingerprint density at radius 2 is 1.65 bits per heavy atom. The fourth-order valence-electron chi connectivity index (χ4n) is 4.73. The van der Waals surface area contributed by atoms with E-state index < -0.39 is 11.6 Å². The average Bonchev–Trinajstić information content (AvgIpc) is 2.92. The van der Waals surface area contributed by atoms with Crippen LogP contribution in [0, 0.1) is 17.5 Å². The Labute approximate surface area is 216 Å². The van der Waals surface area contributed by atoms with Crippen molar-refractivity contribution in [2.24, 2.45) is 0 Å². The summed E-state index contributed by atoms with van der Waals surface area (Å²) in [6.07, 6.45) is 5.58. The fourth-order valence-corrected chi connectivity index (χ4v) is 4.73. The van der Waals surface area contributed by atoms with Crippen molar-refractivity contribution in [3.05, 3.63) is 95.8 Å². The summed E-state index contributed by atoms with van der Waals surface area (Å²) in [7, 11) is 0. The van der Waals surface area contributed by atoms with Gasteiger partial charge >= 0.3 is 0 Å². The van der Waals surface area contributed by atoms with Crippen LogP contribution in [0.25, 0.3) is 11.1 Å². The van der Waals surface area contributed by atoms with Gasteiger partial charge in [0, 0.05) is 11.1 Å². The molecule has 0 saturated heterocycles. The van der Waals surface area contributed by atoms with Gasteiger partial charge in [-0.05, 0) is 80.3 Å². The minimum absolute atomic E-state index is 0.00696. The summed E-state index contributed by atoms with van der Waals surface area (Å²) in [4.78, 5) is 0. The third kappa shape index (κ3) is 6.75. The van der Waals surface area contributed by atoms with Crippen LogP contribution >= 0.6 is 0 Å². The van der Waals surface area contributed by atoms with E-state index in [2.05, 4.69) is 6.58 Å². The van der Waals surface area contributed by atoms with Crippen molar-refractivity contribution in [3.8, 4) is 22.6 Å². The van der Waals surface area contributed by atoms with E-state index in [4.69, 9.17) is 14.2 Å². The molecular weight excluding hydrogens is 477 g/mol. The van der Waals surface area contributed by atoms with Gasteiger partial charge in [-0.1, -0.05) is 36.4 Å². The zero-order valence-corrected chi connectivity index (χ0v) is 21.2. The van der Waals surface area contributed by atoms with E-state index in [0.29, 0.717) is 30.9 Å². The summed E-state index contributed by atoms with van der Waals surface area (Å²) in [6, 6.07) is 15.2. The lowest BCUT2D eigenvalue weighted by Crippen LogP contribution is -2.21. The molecule has 0 bridgehead atoms. The van der Waals surface area contributed by atoms with E-state index in [0.717, 1.165) is 31.2 Å². The third-order valence-corrected chi connectivity index (χ3v) is 6.79. The van der Waals surface area contributed by atoms with Crippen LogP contribution < -0.4 is 9.47 Å². The van der Waals surface area contributed by atoms with E-state index in [9.17, 15) is 13.2 Å². The van der Waals surface area contributed by atoms with Gasteiger partial charge in [0.1, 0.15) is 5.75 Å². The molecule has 0 atom stereocenters. The molecule has 0 spiro atoms. The number of benzene rings is 3. The Bertz CT molecular complexity index is 1190. The summed E-state index contributed by atoms with van der Waals surface area (Å²) in [5.74, 6) is -0.947. The summed E-state index contributed by atoms with van der Waals surface area (Å²) in [6.45, 7) is 6.46. The Hall–Kier alpha value is -3.25. The molecule has 196 valence electrons. The van der Waals surface area contributed by atoms with Gasteiger partial charge in [-0.25, -0.2) is 13.2 Å². The first kappa shape index (κ1) is 26.8. The second-order valence-corrected chi connectivity index (χ2v) is 9.26. The molecule has 4 rings (SSSR count). The van der Waals surface area contributed by atoms with Crippen molar-refractivity contribution in [1.82, 2.24) is 0 Å². The molecule has 0 amide bonds. The maximum atomic E-state index is 14.8. The van der Waals surface area contributed by atoms with Gasteiger partial charge in [0.15, 0.2) is 23.2 Å². The smallest absolute Gasteiger partial charge is 0.167 e. The monoisotopic (exact) mass is 510 g/mol. The van der Waals surface area contributed by atoms with Gasteiger partial charge in [0.2, 0.25) is 0 Å². The van der Waals surface area contributed by atoms with Crippen molar-refractivity contribution >= 4 is 0 Å². The molecule has 1 fully saturated rings. The fraction of sp³-hybridized carbons (Fsp3) is 0.355. The molecule has 0 heterocycles. The average molecular weight is 511 g/mol. The Morgan fingerprint density at radius 1 is 0.892 bits per heavy atom. The van der Waals surface area contributed by atoms with Crippen LogP contribution in [0.15, 0.2) is 67.3 Å². The molecular formula is C31H33F3O3. The van der Waals surface area contributed by atoms with Gasteiger partial charge in [-0.3, -0.25) is 0 Å². The highest BCUT2D eigenvalue weighted by Gasteiger charge is 2.24. The van der Waals surface area contributed by atoms with E-state index in [1.165, 1.54) is 0 Å². The number of hydrogen-bond acceptors (Lipinski definition) is 3. The molecule has 0 aliphatic heterocycles. The Balaban J connectivity index is 1.30. The minimum Gasteiger partial charge on any atom is -0.494 e. The van der Waals surface area contributed by atoms with Crippen LogP contribution in [0.1, 0.15) is 56.1 Å². The number of hydrogen-bond donors (Lipinski definition) is 0. The van der Waals surface area contributed by atoms with Crippen LogP contribution in [-0.2, 0) is 11.3 Å². The number of ether oxygens (including phenoxy) is 3. The van der Waals surface area contributed by atoms with E-state index in [1.807, 2.05) is 13.0 Å². The van der Waals surface area contributed by atoms with Crippen molar-refractivity contribution in [3.63, 3.8) is 0 Å². The molecule has 6 heteroatoms. The summed E-state index contributed by atoms with van der Waals surface area (Å²) in [5.41, 5.74) is 1.93. The summed E-state index contributed by atoms with van der Waals surface area (Å²) < 4.78 is 60.9. The van der Waals surface area contributed by atoms with Crippen molar-refractivity contribution < 1.29 is 27.4 Å². The standard InChI is InChI=1S/C31H33F3O3/c1-3-5-18-36-29-17-11-23(19-28(29)32)21-6-12-26(13-7-21)37-20-24-10-16-27(31(34)30(24)33)22-8-14-25(15-9-22)35-4-2/h3,8-11,14-17,19,21,26H,1,4-7,12-13,18,20H2,2H3. The van der Waals surface area contributed by atoms with Crippen LogP contribution in [-0.4, -0.2) is 19.3 Å². The second-order valence-electron chi connectivity index (χ2n) is 9.26. The lowest BCUT2D eigenvalue weighted by atomic mass is 9.82. The highest BCUT2D eigenvalue weighted by Crippen LogP contribution is 2.36. The van der Waals surface area contributed by atoms with Crippen LogP contribution in [0.3, 0.4) is 0 Å². The number of rotatable bonds is 11. The molecule has 0 N–H and O–H groups in total. The minimum atomic E-state index is -0.883. The van der Waals surface area contributed by atoms with Crippen molar-refractivity contribution in [1.29, 1.82) is 0 Å². The first-order chi connectivity index (χ1) is 18.0. The zero-order valence-electron chi connectivity index (χ0n) is 21.2.